The Morgan fingerprint density at radius 1 is 1.31 bits per heavy atom. The third-order valence-electron chi connectivity index (χ3n) is 2.41. The minimum absolute atomic E-state index is 0.556. The third-order valence-corrected chi connectivity index (χ3v) is 2.41. The average Bonchev–Trinajstić information content (AvgIpc) is 2.11. The number of aryl methyl sites for hydroxylation is 2. The number of nitrogens with one attached hydrogen (secondary N) is 1. The SMILES string of the molecule is CC[C@H](C)Nc1cc(C)ccc1C. The maximum absolute atomic E-state index is 3.50. The highest BCUT2D eigenvalue weighted by Crippen LogP contribution is 2.17. The van der Waals surface area contributed by atoms with Crippen LogP contribution in [0.4, 0.5) is 5.69 Å². The predicted molar refractivity (Wildman–Crippen MR) is 59.3 cm³/mol. The number of hydrogen-bond acceptors (Lipinski definition) is 1. The first kappa shape index (κ1) is 10.1. The van der Waals surface area contributed by atoms with Gasteiger partial charge in [-0.1, -0.05) is 19.1 Å². The highest BCUT2D eigenvalue weighted by atomic mass is 14.9. The summed E-state index contributed by atoms with van der Waals surface area (Å²) in [5.74, 6) is 0. The van der Waals surface area contributed by atoms with Crippen LogP contribution in [0.3, 0.4) is 0 Å². The van der Waals surface area contributed by atoms with Crippen LogP contribution in [-0.2, 0) is 0 Å². The fourth-order valence-electron chi connectivity index (χ4n) is 1.26. The molecular formula is C12H19N. The molecule has 0 fully saturated rings. The van der Waals surface area contributed by atoms with E-state index in [-0.39, 0.29) is 0 Å². The first-order chi connectivity index (χ1) is 6.13. The topological polar surface area (TPSA) is 12.0 Å². The molecule has 0 aliphatic carbocycles. The van der Waals surface area contributed by atoms with Crippen LogP contribution in [0.2, 0.25) is 0 Å². The molecule has 72 valence electrons. The van der Waals surface area contributed by atoms with Gasteiger partial charge in [0, 0.05) is 11.7 Å². The molecule has 1 rings (SSSR count). The zero-order valence-corrected chi connectivity index (χ0v) is 9.02. The van der Waals surface area contributed by atoms with Crippen molar-refractivity contribution in [2.45, 2.75) is 40.2 Å². The van der Waals surface area contributed by atoms with Crippen molar-refractivity contribution in [2.24, 2.45) is 0 Å². The lowest BCUT2D eigenvalue weighted by Gasteiger charge is -2.15. The maximum Gasteiger partial charge on any atom is 0.0374 e. The van der Waals surface area contributed by atoms with Gasteiger partial charge in [0.2, 0.25) is 0 Å². The van der Waals surface area contributed by atoms with E-state index in [9.17, 15) is 0 Å². The van der Waals surface area contributed by atoms with Crippen molar-refractivity contribution in [1.82, 2.24) is 0 Å². The molecule has 13 heavy (non-hydrogen) atoms. The molecule has 0 saturated carbocycles. The lowest BCUT2D eigenvalue weighted by atomic mass is 10.1. The van der Waals surface area contributed by atoms with E-state index in [1.807, 2.05) is 0 Å². The highest BCUT2D eigenvalue weighted by Gasteiger charge is 2.01. The van der Waals surface area contributed by atoms with Crippen LogP contribution in [0.25, 0.3) is 0 Å². The summed E-state index contributed by atoms with van der Waals surface area (Å²) < 4.78 is 0. The molecular weight excluding hydrogens is 158 g/mol. The minimum atomic E-state index is 0.556. The number of rotatable bonds is 3. The van der Waals surface area contributed by atoms with Crippen molar-refractivity contribution in [2.75, 3.05) is 5.32 Å². The molecule has 0 aromatic heterocycles. The summed E-state index contributed by atoms with van der Waals surface area (Å²) in [5.41, 5.74) is 3.91. The van der Waals surface area contributed by atoms with Crippen molar-refractivity contribution in [3.63, 3.8) is 0 Å². The van der Waals surface area contributed by atoms with Crippen molar-refractivity contribution < 1.29 is 0 Å². The number of anilines is 1. The van der Waals surface area contributed by atoms with E-state index in [0.717, 1.165) is 6.42 Å². The standard InChI is InChI=1S/C12H19N/c1-5-11(4)13-12-8-9(2)6-7-10(12)3/h6-8,11,13H,5H2,1-4H3/t11-/m0/s1. The van der Waals surface area contributed by atoms with Crippen LogP contribution in [0.15, 0.2) is 18.2 Å². The Kier molecular flexibility index (Phi) is 3.35. The van der Waals surface area contributed by atoms with Crippen molar-refractivity contribution in [1.29, 1.82) is 0 Å². The highest BCUT2D eigenvalue weighted by molar-refractivity contribution is 5.52. The molecule has 0 spiro atoms. The number of benzene rings is 1. The zero-order chi connectivity index (χ0) is 9.84. The summed E-state index contributed by atoms with van der Waals surface area (Å²) in [6, 6.07) is 7.08. The zero-order valence-electron chi connectivity index (χ0n) is 9.02. The van der Waals surface area contributed by atoms with Crippen LogP contribution in [0.1, 0.15) is 31.4 Å². The van der Waals surface area contributed by atoms with E-state index in [1.54, 1.807) is 0 Å². The van der Waals surface area contributed by atoms with Gasteiger partial charge in [-0.05, 0) is 44.4 Å². The Bertz CT molecular complexity index is 278. The third kappa shape index (κ3) is 2.76. The van der Waals surface area contributed by atoms with Gasteiger partial charge >= 0.3 is 0 Å². The quantitative estimate of drug-likeness (QED) is 0.745. The molecule has 0 radical (unpaired) electrons. The van der Waals surface area contributed by atoms with Crippen LogP contribution < -0.4 is 5.32 Å². The van der Waals surface area contributed by atoms with E-state index in [2.05, 4.69) is 51.2 Å². The summed E-state index contributed by atoms with van der Waals surface area (Å²) in [6.07, 6.45) is 1.16. The number of hydrogen-bond donors (Lipinski definition) is 1. The van der Waals surface area contributed by atoms with E-state index in [1.165, 1.54) is 16.8 Å². The van der Waals surface area contributed by atoms with Gasteiger partial charge in [-0.25, -0.2) is 0 Å². The fourth-order valence-corrected chi connectivity index (χ4v) is 1.26. The second kappa shape index (κ2) is 4.31. The molecule has 0 aliphatic heterocycles. The first-order valence-corrected chi connectivity index (χ1v) is 4.97. The molecule has 1 N–H and O–H groups in total. The molecule has 1 aromatic carbocycles. The Hall–Kier alpha value is -0.980. The minimum Gasteiger partial charge on any atom is -0.382 e. The molecule has 1 nitrogen and oxygen atoms in total. The molecule has 0 unspecified atom stereocenters. The summed E-state index contributed by atoms with van der Waals surface area (Å²) in [7, 11) is 0. The molecule has 1 aromatic rings. The van der Waals surface area contributed by atoms with Crippen LogP contribution in [0.5, 0.6) is 0 Å². The summed E-state index contributed by atoms with van der Waals surface area (Å²) in [5, 5.41) is 3.50. The molecule has 1 heteroatoms. The second-order valence-corrected chi connectivity index (χ2v) is 3.77. The van der Waals surface area contributed by atoms with Crippen molar-refractivity contribution >= 4 is 5.69 Å². The van der Waals surface area contributed by atoms with Crippen molar-refractivity contribution in [3.05, 3.63) is 29.3 Å². The van der Waals surface area contributed by atoms with Crippen LogP contribution >= 0.6 is 0 Å². The molecule has 0 amide bonds. The van der Waals surface area contributed by atoms with E-state index in [4.69, 9.17) is 0 Å². The van der Waals surface area contributed by atoms with Gasteiger partial charge in [0.15, 0.2) is 0 Å². The Morgan fingerprint density at radius 2 is 2.00 bits per heavy atom. The second-order valence-electron chi connectivity index (χ2n) is 3.77. The fraction of sp³-hybridized carbons (Fsp3) is 0.500. The van der Waals surface area contributed by atoms with Crippen molar-refractivity contribution in [3.8, 4) is 0 Å². The molecule has 0 aliphatic rings. The van der Waals surface area contributed by atoms with E-state index in [0.29, 0.717) is 6.04 Å². The van der Waals surface area contributed by atoms with Gasteiger partial charge < -0.3 is 5.32 Å². The monoisotopic (exact) mass is 177 g/mol. The molecule has 0 saturated heterocycles. The molecule has 1 atom stereocenters. The molecule has 0 heterocycles. The average molecular weight is 177 g/mol. The Morgan fingerprint density at radius 3 is 2.62 bits per heavy atom. The normalized spacial score (nSPS) is 12.6. The summed E-state index contributed by atoms with van der Waals surface area (Å²) >= 11 is 0. The van der Waals surface area contributed by atoms with Crippen LogP contribution in [-0.4, -0.2) is 6.04 Å². The largest absolute Gasteiger partial charge is 0.382 e. The van der Waals surface area contributed by atoms with Gasteiger partial charge in [0.25, 0.3) is 0 Å². The van der Waals surface area contributed by atoms with Gasteiger partial charge in [-0.2, -0.15) is 0 Å². The van der Waals surface area contributed by atoms with Gasteiger partial charge in [-0.3, -0.25) is 0 Å². The van der Waals surface area contributed by atoms with Crippen LogP contribution in [0, 0.1) is 13.8 Å². The Labute approximate surface area is 81.2 Å². The predicted octanol–water partition coefficient (Wildman–Crippen LogP) is 3.51. The van der Waals surface area contributed by atoms with E-state index < -0.39 is 0 Å². The lowest BCUT2D eigenvalue weighted by Crippen LogP contribution is -2.14. The van der Waals surface area contributed by atoms with Gasteiger partial charge in [0.05, 0.1) is 0 Å². The maximum atomic E-state index is 3.50. The van der Waals surface area contributed by atoms with Gasteiger partial charge in [0.1, 0.15) is 0 Å². The molecule has 0 bridgehead atoms. The van der Waals surface area contributed by atoms with Gasteiger partial charge in [-0.15, -0.1) is 0 Å². The Balaban J connectivity index is 2.81. The van der Waals surface area contributed by atoms with E-state index >= 15 is 0 Å². The summed E-state index contributed by atoms with van der Waals surface area (Å²) in [6.45, 7) is 8.68. The summed E-state index contributed by atoms with van der Waals surface area (Å²) in [4.78, 5) is 0. The first-order valence-electron chi connectivity index (χ1n) is 4.97. The lowest BCUT2D eigenvalue weighted by molar-refractivity contribution is 0.763. The smallest absolute Gasteiger partial charge is 0.0374 e.